The van der Waals surface area contributed by atoms with Gasteiger partial charge < -0.3 is 5.11 Å². The first-order valence-corrected chi connectivity index (χ1v) is 6.80. The standard InChI is InChI=1S/C14H29NO/c1-6-12-8-7-11(2)15(12)10-9-13(16)14(3,4)5/h11-13,16H,6-10H2,1-5H3. The molecule has 3 atom stereocenters. The Morgan fingerprint density at radius 2 is 1.94 bits per heavy atom. The molecule has 0 saturated carbocycles. The minimum absolute atomic E-state index is 0.0185. The van der Waals surface area contributed by atoms with Crippen LogP contribution in [0.4, 0.5) is 0 Å². The van der Waals surface area contributed by atoms with E-state index in [1.807, 2.05) is 0 Å². The van der Waals surface area contributed by atoms with Crippen molar-refractivity contribution in [3.8, 4) is 0 Å². The quantitative estimate of drug-likeness (QED) is 0.798. The van der Waals surface area contributed by atoms with Crippen molar-refractivity contribution < 1.29 is 5.11 Å². The van der Waals surface area contributed by atoms with Gasteiger partial charge in [0.2, 0.25) is 0 Å². The Balaban J connectivity index is 2.42. The van der Waals surface area contributed by atoms with Gasteiger partial charge in [0, 0.05) is 18.6 Å². The van der Waals surface area contributed by atoms with E-state index in [2.05, 4.69) is 39.5 Å². The van der Waals surface area contributed by atoms with Crippen molar-refractivity contribution in [2.24, 2.45) is 5.41 Å². The van der Waals surface area contributed by atoms with Crippen molar-refractivity contribution in [1.29, 1.82) is 0 Å². The van der Waals surface area contributed by atoms with Gasteiger partial charge in [-0.15, -0.1) is 0 Å². The summed E-state index contributed by atoms with van der Waals surface area (Å²) in [5.41, 5.74) is 0.0185. The summed E-state index contributed by atoms with van der Waals surface area (Å²) in [6.07, 6.45) is 4.63. The van der Waals surface area contributed by atoms with Crippen LogP contribution in [0.15, 0.2) is 0 Å². The lowest BCUT2D eigenvalue weighted by Crippen LogP contribution is -2.38. The molecule has 0 aromatic heterocycles. The van der Waals surface area contributed by atoms with Crippen molar-refractivity contribution in [3.05, 3.63) is 0 Å². The first-order chi connectivity index (χ1) is 7.36. The zero-order chi connectivity index (χ0) is 12.3. The molecule has 1 saturated heterocycles. The van der Waals surface area contributed by atoms with E-state index < -0.39 is 0 Å². The average Bonchev–Trinajstić information content (AvgIpc) is 2.54. The highest BCUT2D eigenvalue weighted by Gasteiger charge is 2.30. The van der Waals surface area contributed by atoms with Crippen LogP contribution in [0.3, 0.4) is 0 Å². The lowest BCUT2D eigenvalue weighted by Gasteiger charge is -2.32. The third kappa shape index (κ3) is 3.46. The van der Waals surface area contributed by atoms with E-state index in [9.17, 15) is 5.11 Å². The number of likely N-dealkylation sites (tertiary alicyclic amines) is 1. The molecule has 2 heteroatoms. The van der Waals surface area contributed by atoms with Gasteiger partial charge in [0.15, 0.2) is 0 Å². The van der Waals surface area contributed by atoms with Gasteiger partial charge in [0.1, 0.15) is 0 Å². The smallest absolute Gasteiger partial charge is 0.0600 e. The normalized spacial score (nSPS) is 29.6. The SMILES string of the molecule is CCC1CCC(C)N1CCC(O)C(C)(C)C. The molecule has 2 nitrogen and oxygen atoms in total. The number of hydrogen-bond donors (Lipinski definition) is 1. The van der Waals surface area contributed by atoms with Crippen LogP contribution < -0.4 is 0 Å². The van der Waals surface area contributed by atoms with Gasteiger partial charge in [-0.25, -0.2) is 0 Å². The lowest BCUT2D eigenvalue weighted by molar-refractivity contribution is 0.0401. The van der Waals surface area contributed by atoms with Crippen LogP contribution in [0.5, 0.6) is 0 Å². The second-order valence-electron chi connectivity index (χ2n) is 6.40. The molecule has 0 aromatic rings. The fourth-order valence-electron chi connectivity index (χ4n) is 2.67. The maximum absolute atomic E-state index is 10.1. The molecule has 1 rings (SSSR count). The summed E-state index contributed by atoms with van der Waals surface area (Å²) in [4.78, 5) is 2.59. The van der Waals surface area contributed by atoms with E-state index in [0.29, 0.717) is 6.04 Å². The summed E-state index contributed by atoms with van der Waals surface area (Å²) in [6.45, 7) is 12.0. The molecule has 0 bridgehead atoms. The average molecular weight is 227 g/mol. The van der Waals surface area contributed by atoms with Crippen LogP contribution >= 0.6 is 0 Å². The van der Waals surface area contributed by atoms with Crippen LogP contribution in [0.2, 0.25) is 0 Å². The van der Waals surface area contributed by atoms with Crippen molar-refractivity contribution in [1.82, 2.24) is 4.90 Å². The summed E-state index contributed by atoms with van der Waals surface area (Å²) in [7, 11) is 0. The summed E-state index contributed by atoms with van der Waals surface area (Å²) in [6, 6.07) is 1.46. The maximum atomic E-state index is 10.1. The second kappa shape index (κ2) is 5.50. The summed E-state index contributed by atoms with van der Waals surface area (Å²) >= 11 is 0. The van der Waals surface area contributed by atoms with Gasteiger partial charge in [-0.05, 0) is 38.0 Å². The highest BCUT2D eigenvalue weighted by Crippen LogP contribution is 2.28. The van der Waals surface area contributed by atoms with Crippen LogP contribution in [-0.2, 0) is 0 Å². The second-order valence-corrected chi connectivity index (χ2v) is 6.40. The first kappa shape index (κ1) is 14.0. The maximum Gasteiger partial charge on any atom is 0.0600 e. The van der Waals surface area contributed by atoms with E-state index in [-0.39, 0.29) is 11.5 Å². The van der Waals surface area contributed by atoms with E-state index in [4.69, 9.17) is 0 Å². The third-order valence-electron chi connectivity index (χ3n) is 4.08. The van der Waals surface area contributed by atoms with E-state index >= 15 is 0 Å². The van der Waals surface area contributed by atoms with Crippen molar-refractivity contribution in [2.75, 3.05) is 6.54 Å². The number of rotatable bonds is 4. The fraction of sp³-hybridized carbons (Fsp3) is 1.00. The fourth-order valence-corrected chi connectivity index (χ4v) is 2.67. The van der Waals surface area contributed by atoms with Crippen LogP contribution in [0, 0.1) is 5.41 Å². The molecule has 1 aliphatic rings. The Labute approximate surface area is 101 Å². The molecule has 0 spiro atoms. The molecule has 1 heterocycles. The van der Waals surface area contributed by atoms with Crippen molar-refractivity contribution >= 4 is 0 Å². The van der Waals surface area contributed by atoms with Gasteiger partial charge in [0.05, 0.1) is 6.10 Å². The largest absolute Gasteiger partial charge is 0.393 e. The predicted molar refractivity (Wildman–Crippen MR) is 69.6 cm³/mol. The van der Waals surface area contributed by atoms with Crippen molar-refractivity contribution in [2.45, 2.75) is 78.5 Å². The Bertz CT molecular complexity index is 209. The van der Waals surface area contributed by atoms with Gasteiger partial charge >= 0.3 is 0 Å². The van der Waals surface area contributed by atoms with Gasteiger partial charge in [-0.3, -0.25) is 4.90 Å². The minimum atomic E-state index is -0.183. The Morgan fingerprint density at radius 3 is 2.44 bits per heavy atom. The van der Waals surface area contributed by atoms with E-state index in [0.717, 1.165) is 19.0 Å². The highest BCUT2D eigenvalue weighted by atomic mass is 16.3. The van der Waals surface area contributed by atoms with Gasteiger partial charge in [-0.1, -0.05) is 27.7 Å². The summed E-state index contributed by atoms with van der Waals surface area (Å²) < 4.78 is 0. The van der Waals surface area contributed by atoms with Crippen LogP contribution in [-0.4, -0.2) is 34.7 Å². The predicted octanol–water partition coefficient (Wildman–Crippen LogP) is 3.05. The summed E-state index contributed by atoms with van der Waals surface area (Å²) in [5.74, 6) is 0. The molecule has 96 valence electrons. The zero-order valence-corrected chi connectivity index (χ0v) is 11.7. The van der Waals surface area contributed by atoms with Crippen LogP contribution in [0.1, 0.15) is 60.3 Å². The molecule has 1 N–H and O–H groups in total. The summed E-state index contributed by atoms with van der Waals surface area (Å²) in [5, 5.41) is 10.1. The molecular formula is C14H29NO. The highest BCUT2D eigenvalue weighted by molar-refractivity contribution is 4.85. The van der Waals surface area contributed by atoms with Gasteiger partial charge in [-0.2, -0.15) is 0 Å². The molecular weight excluding hydrogens is 198 g/mol. The minimum Gasteiger partial charge on any atom is -0.393 e. The molecule has 0 amide bonds. The Morgan fingerprint density at radius 1 is 1.31 bits per heavy atom. The number of hydrogen-bond acceptors (Lipinski definition) is 2. The number of aliphatic hydroxyl groups is 1. The molecule has 16 heavy (non-hydrogen) atoms. The topological polar surface area (TPSA) is 23.5 Å². The monoisotopic (exact) mass is 227 g/mol. The Hall–Kier alpha value is -0.0800. The number of nitrogens with zero attached hydrogens (tertiary/aromatic N) is 1. The molecule has 1 fully saturated rings. The molecule has 1 aliphatic heterocycles. The molecule has 0 aromatic carbocycles. The van der Waals surface area contributed by atoms with E-state index in [1.54, 1.807) is 0 Å². The van der Waals surface area contributed by atoms with Crippen molar-refractivity contribution in [3.63, 3.8) is 0 Å². The number of aliphatic hydroxyl groups excluding tert-OH is 1. The lowest BCUT2D eigenvalue weighted by atomic mass is 9.87. The Kier molecular flexibility index (Phi) is 4.81. The zero-order valence-electron chi connectivity index (χ0n) is 11.7. The third-order valence-corrected chi connectivity index (χ3v) is 4.08. The first-order valence-electron chi connectivity index (χ1n) is 6.80. The molecule has 0 radical (unpaired) electrons. The van der Waals surface area contributed by atoms with Gasteiger partial charge in [0.25, 0.3) is 0 Å². The van der Waals surface area contributed by atoms with E-state index in [1.165, 1.54) is 19.3 Å². The molecule has 0 aliphatic carbocycles. The molecule has 3 unspecified atom stereocenters. The van der Waals surface area contributed by atoms with Crippen LogP contribution in [0.25, 0.3) is 0 Å².